The van der Waals surface area contributed by atoms with Gasteiger partial charge in [-0.25, -0.2) is 0 Å². The first-order chi connectivity index (χ1) is 14.0. The van der Waals surface area contributed by atoms with Gasteiger partial charge in [-0.05, 0) is 0 Å². The van der Waals surface area contributed by atoms with E-state index in [0.29, 0.717) is 0 Å². The Kier molecular flexibility index (Phi) is 12.2. The molecule has 0 saturated heterocycles. The third-order valence-electron chi connectivity index (χ3n) is 7.22. The van der Waals surface area contributed by atoms with Crippen LogP contribution in [0.15, 0.2) is 18.3 Å². The van der Waals surface area contributed by atoms with Crippen molar-refractivity contribution in [2.24, 2.45) is 0 Å². The van der Waals surface area contributed by atoms with E-state index in [2.05, 4.69) is 79.9 Å². The number of pyridine rings is 1. The summed E-state index contributed by atoms with van der Waals surface area (Å²) in [6, 6.07) is 4.76. The summed E-state index contributed by atoms with van der Waals surface area (Å²) in [5.41, 5.74) is 1.44. The van der Waals surface area contributed by atoms with Crippen LogP contribution in [0.5, 0.6) is 0 Å². The minimum atomic E-state index is -2.45. The van der Waals surface area contributed by atoms with Gasteiger partial charge in [0.05, 0.1) is 0 Å². The molecule has 0 unspecified atom stereocenters. The second-order valence-electron chi connectivity index (χ2n) is 11.0. The van der Waals surface area contributed by atoms with Crippen LogP contribution in [0.4, 0.5) is 0 Å². The molecule has 0 bridgehead atoms. The molecular weight excluding hydrogens is 489 g/mol. The Labute approximate surface area is 194 Å². The molecule has 0 aliphatic heterocycles. The third kappa shape index (κ3) is 8.58. The second-order valence-corrected chi connectivity index (χ2v) is 28.8. The van der Waals surface area contributed by atoms with Crippen molar-refractivity contribution in [1.82, 2.24) is 4.98 Å². The first kappa shape index (κ1) is 28.2. The van der Waals surface area contributed by atoms with E-state index in [1.807, 2.05) is 0 Å². The number of hydrogen-bond acceptors (Lipinski definition) is 2. The van der Waals surface area contributed by atoms with Crippen LogP contribution in [0.2, 0.25) is 31.4 Å². The molecule has 0 spiro atoms. The molecule has 30 heavy (non-hydrogen) atoms. The fourth-order valence-electron chi connectivity index (χ4n) is 4.25. The van der Waals surface area contributed by atoms with Crippen molar-refractivity contribution in [3.8, 4) is 0 Å². The van der Waals surface area contributed by atoms with Crippen molar-refractivity contribution in [3.63, 3.8) is 0 Å². The van der Waals surface area contributed by atoms with Gasteiger partial charge in [0, 0.05) is 0 Å². The van der Waals surface area contributed by atoms with E-state index in [4.69, 9.17) is 9.41 Å². The zero-order chi connectivity index (χ0) is 22.8. The molecule has 0 fully saturated rings. The summed E-state index contributed by atoms with van der Waals surface area (Å²) in [5.74, 6) is 0. The van der Waals surface area contributed by atoms with E-state index in [9.17, 15) is 0 Å². The standard InChI is InChI=1S/C14H24NOSi.3C4H9.Sn/c1-12(11-13-7-9-15-10-8-13)16-17(5,6)14(2,3)4;3*1-3-4-2;/h7-9,12H,11H2,1-6H3;3*1,3-4H2,2H3;/t12-;;;;/m0..../s1. The predicted octanol–water partition coefficient (Wildman–Crippen LogP) is 8.09. The van der Waals surface area contributed by atoms with E-state index in [1.165, 1.54) is 57.4 Å². The molecule has 1 rings (SSSR count). The molecule has 0 saturated carbocycles. The summed E-state index contributed by atoms with van der Waals surface area (Å²) in [6.07, 6.45) is 11.5. The number of aromatic nitrogens is 1. The number of hydrogen-bond donors (Lipinski definition) is 0. The Hall–Kier alpha value is 0.126. The van der Waals surface area contributed by atoms with Gasteiger partial charge < -0.3 is 0 Å². The molecule has 4 heteroatoms. The zero-order valence-corrected chi connectivity index (χ0v) is 25.6. The fraction of sp³-hybridized carbons (Fsp3) is 0.808. The van der Waals surface area contributed by atoms with Crippen molar-refractivity contribution in [2.75, 3.05) is 0 Å². The van der Waals surface area contributed by atoms with Crippen molar-refractivity contribution < 1.29 is 4.43 Å². The molecule has 1 aromatic heterocycles. The topological polar surface area (TPSA) is 22.1 Å². The zero-order valence-electron chi connectivity index (χ0n) is 21.7. The van der Waals surface area contributed by atoms with Crippen LogP contribution in [-0.2, 0) is 10.8 Å². The van der Waals surface area contributed by atoms with Crippen LogP contribution in [0.25, 0.3) is 0 Å². The van der Waals surface area contributed by atoms with Gasteiger partial charge in [0.1, 0.15) is 0 Å². The van der Waals surface area contributed by atoms with Gasteiger partial charge >= 0.3 is 195 Å². The number of nitrogens with zero attached hydrogens (tertiary/aromatic N) is 1. The van der Waals surface area contributed by atoms with Gasteiger partial charge in [-0.1, -0.05) is 0 Å². The summed E-state index contributed by atoms with van der Waals surface area (Å²) in [4.78, 5) is 5.05. The molecule has 0 aliphatic carbocycles. The quantitative estimate of drug-likeness (QED) is 0.223. The van der Waals surface area contributed by atoms with Crippen LogP contribution in [0, 0.1) is 0 Å². The summed E-state index contributed by atoms with van der Waals surface area (Å²) in [5, 5.41) is 0.261. The molecule has 1 aromatic rings. The van der Waals surface area contributed by atoms with Crippen LogP contribution < -0.4 is 3.71 Å². The molecular formula is C26H51NOSiSn. The third-order valence-corrected chi connectivity index (χ3v) is 26.9. The SMILES string of the molecule is CCC[CH2][Sn]([CH2]CCC)([CH2]CCC)[c]1cc(C[C@H](C)O[Si](C)(C)C(C)(C)C)ccn1. The van der Waals surface area contributed by atoms with Crippen molar-refractivity contribution in [3.05, 3.63) is 23.9 Å². The molecule has 0 aromatic carbocycles. The molecule has 0 amide bonds. The maximum absolute atomic E-state index is 6.66. The molecule has 1 heterocycles. The molecule has 0 aliphatic rings. The van der Waals surface area contributed by atoms with Gasteiger partial charge in [0.15, 0.2) is 0 Å². The Morgan fingerprint density at radius 1 is 0.967 bits per heavy atom. The Bertz CT molecular complexity index is 590. The Balaban J connectivity index is 3.10. The average molecular weight is 540 g/mol. The predicted molar refractivity (Wildman–Crippen MR) is 140 cm³/mol. The van der Waals surface area contributed by atoms with Crippen LogP contribution in [-0.4, -0.2) is 37.8 Å². The van der Waals surface area contributed by atoms with Gasteiger partial charge in [-0.2, -0.15) is 0 Å². The normalized spacial score (nSPS) is 14.2. The number of unbranched alkanes of at least 4 members (excludes halogenated alkanes) is 3. The van der Waals surface area contributed by atoms with Gasteiger partial charge in [0.2, 0.25) is 0 Å². The average Bonchev–Trinajstić information content (AvgIpc) is 2.66. The molecule has 1 atom stereocenters. The summed E-state index contributed by atoms with van der Waals surface area (Å²) >= 11 is -2.45. The summed E-state index contributed by atoms with van der Waals surface area (Å²) in [6.45, 7) is 21.0. The van der Waals surface area contributed by atoms with Gasteiger partial charge in [0.25, 0.3) is 0 Å². The van der Waals surface area contributed by atoms with E-state index in [0.717, 1.165) is 6.42 Å². The van der Waals surface area contributed by atoms with Gasteiger partial charge in [-0.3, -0.25) is 0 Å². The van der Waals surface area contributed by atoms with E-state index in [1.54, 1.807) is 3.71 Å². The number of rotatable bonds is 14. The van der Waals surface area contributed by atoms with Crippen LogP contribution in [0.3, 0.4) is 0 Å². The Morgan fingerprint density at radius 2 is 1.47 bits per heavy atom. The van der Waals surface area contributed by atoms with E-state index in [-0.39, 0.29) is 11.1 Å². The molecule has 0 radical (unpaired) electrons. The summed E-state index contributed by atoms with van der Waals surface area (Å²) in [7, 11) is -1.73. The van der Waals surface area contributed by atoms with Crippen LogP contribution in [0.1, 0.15) is 92.6 Å². The van der Waals surface area contributed by atoms with Crippen molar-refractivity contribution in [2.45, 2.75) is 131 Å². The maximum atomic E-state index is 6.66. The fourth-order valence-corrected chi connectivity index (χ4v) is 21.2. The monoisotopic (exact) mass is 541 g/mol. The molecule has 174 valence electrons. The van der Waals surface area contributed by atoms with E-state index >= 15 is 0 Å². The van der Waals surface area contributed by atoms with Gasteiger partial charge in [-0.15, -0.1) is 0 Å². The second kappa shape index (κ2) is 13.0. The first-order valence-electron chi connectivity index (χ1n) is 12.6. The summed E-state index contributed by atoms with van der Waals surface area (Å²) < 4.78 is 12.7. The van der Waals surface area contributed by atoms with Crippen molar-refractivity contribution in [1.29, 1.82) is 0 Å². The van der Waals surface area contributed by atoms with E-state index < -0.39 is 26.7 Å². The van der Waals surface area contributed by atoms with Crippen molar-refractivity contribution >= 4 is 30.4 Å². The Morgan fingerprint density at radius 3 is 1.90 bits per heavy atom. The van der Waals surface area contributed by atoms with Crippen LogP contribution >= 0.6 is 0 Å². The minimum absolute atomic E-state index is 0.261. The molecule has 0 N–H and O–H groups in total. The first-order valence-corrected chi connectivity index (χ1v) is 23.0. The molecule has 2 nitrogen and oxygen atoms in total.